The standard InChI is InChI=1S/C28H29N5O5S/c29-18-22(28(34)30-19-25-9-5-13-38-25)16-23-20-33(24-7-2-1-3-8-24)31-27(23)21-6-4-10-26(17-21)39(35,36)32-11-14-37-15-12-32/h1-4,6-8,10,16-17,20,25H,5,9,11-15,19H2,(H,30,34)/b22-16-/t25-/m1/s1. The number of ether oxygens (including phenoxy) is 2. The molecule has 202 valence electrons. The molecule has 0 radical (unpaired) electrons. The molecule has 2 saturated heterocycles. The number of morpholine rings is 1. The molecule has 11 heteroatoms. The van der Waals surface area contributed by atoms with E-state index in [2.05, 4.69) is 5.32 Å². The number of benzene rings is 2. The Morgan fingerprint density at radius 3 is 2.64 bits per heavy atom. The van der Waals surface area contributed by atoms with Gasteiger partial charge in [-0.25, -0.2) is 13.1 Å². The fraction of sp³-hybridized carbons (Fsp3) is 0.321. The number of rotatable bonds is 8. The summed E-state index contributed by atoms with van der Waals surface area (Å²) >= 11 is 0. The monoisotopic (exact) mass is 547 g/mol. The molecule has 10 nitrogen and oxygen atoms in total. The minimum Gasteiger partial charge on any atom is -0.379 e. The van der Waals surface area contributed by atoms with Crippen molar-refractivity contribution in [1.29, 1.82) is 5.26 Å². The minimum absolute atomic E-state index is 0.0542. The van der Waals surface area contributed by atoms with Gasteiger partial charge in [-0.2, -0.15) is 14.7 Å². The number of carbonyl (C=O) groups is 1. The van der Waals surface area contributed by atoms with E-state index in [1.807, 2.05) is 36.4 Å². The minimum atomic E-state index is -3.73. The maximum Gasteiger partial charge on any atom is 0.262 e. The Kier molecular flexibility index (Phi) is 8.18. The number of aromatic nitrogens is 2. The third-order valence-corrected chi connectivity index (χ3v) is 8.55. The number of para-hydroxylation sites is 1. The molecule has 2 aromatic carbocycles. The lowest BCUT2D eigenvalue weighted by Gasteiger charge is -2.26. The number of hydrogen-bond acceptors (Lipinski definition) is 7. The Balaban J connectivity index is 1.51. The Morgan fingerprint density at radius 2 is 1.92 bits per heavy atom. The maximum atomic E-state index is 13.3. The molecule has 0 spiro atoms. The number of amides is 1. The zero-order chi connectivity index (χ0) is 27.2. The highest BCUT2D eigenvalue weighted by molar-refractivity contribution is 7.89. The summed E-state index contributed by atoms with van der Waals surface area (Å²) in [6, 6.07) is 17.9. The van der Waals surface area contributed by atoms with Crippen LogP contribution in [-0.4, -0.2) is 74.0 Å². The van der Waals surface area contributed by atoms with Crippen LogP contribution in [0.5, 0.6) is 0 Å². The molecule has 1 aromatic heterocycles. The number of hydrogen-bond donors (Lipinski definition) is 1. The summed E-state index contributed by atoms with van der Waals surface area (Å²) in [5.41, 5.74) is 2.18. The van der Waals surface area contributed by atoms with E-state index >= 15 is 0 Å². The van der Waals surface area contributed by atoms with Gasteiger partial charge in [0, 0.05) is 43.6 Å². The summed E-state index contributed by atoms with van der Waals surface area (Å²) in [6.45, 7) is 2.27. The van der Waals surface area contributed by atoms with Gasteiger partial charge in [0.1, 0.15) is 17.3 Å². The van der Waals surface area contributed by atoms with E-state index in [0.717, 1.165) is 18.5 Å². The molecular formula is C28H29N5O5S. The highest BCUT2D eigenvalue weighted by Gasteiger charge is 2.27. The van der Waals surface area contributed by atoms with Crippen LogP contribution >= 0.6 is 0 Å². The summed E-state index contributed by atoms with van der Waals surface area (Å²) in [5.74, 6) is -0.505. The fourth-order valence-electron chi connectivity index (χ4n) is 4.58. The molecule has 0 aliphatic carbocycles. The van der Waals surface area contributed by atoms with E-state index in [4.69, 9.17) is 14.6 Å². The van der Waals surface area contributed by atoms with Crippen molar-refractivity contribution >= 4 is 22.0 Å². The molecule has 0 saturated carbocycles. The lowest BCUT2D eigenvalue weighted by atomic mass is 10.1. The SMILES string of the molecule is N#C/C(=C/c1cn(-c2ccccc2)nc1-c1cccc(S(=O)(=O)N2CCOCC2)c1)C(=O)NC[C@H]1CCCO1. The molecular weight excluding hydrogens is 518 g/mol. The van der Waals surface area contributed by atoms with E-state index in [1.54, 1.807) is 35.1 Å². The van der Waals surface area contributed by atoms with E-state index < -0.39 is 15.9 Å². The molecule has 2 fully saturated rings. The van der Waals surface area contributed by atoms with Crippen LogP contribution < -0.4 is 5.32 Å². The van der Waals surface area contributed by atoms with E-state index in [0.29, 0.717) is 43.2 Å². The Bertz CT molecular complexity index is 1500. The molecule has 3 heterocycles. The number of nitriles is 1. The molecule has 1 atom stereocenters. The molecule has 5 rings (SSSR count). The molecule has 1 N–H and O–H groups in total. The highest BCUT2D eigenvalue weighted by Crippen LogP contribution is 2.29. The normalized spacial score (nSPS) is 18.5. The molecule has 0 unspecified atom stereocenters. The smallest absolute Gasteiger partial charge is 0.262 e. The average Bonchev–Trinajstić information content (AvgIpc) is 3.66. The number of carbonyl (C=O) groups excluding carboxylic acids is 1. The number of sulfonamides is 1. The summed E-state index contributed by atoms with van der Waals surface area (Å²) in [4.78, 5) is 13.0. The van der Waals surface area contributed by atoms with Gasteiger partial charge in [-0.3, -0.25) is 4.79 Å². The van der Waals surface area contributed by atoms with Gasteiger partial charge in [-0.1, -0.05) is 30.3 Å². The second-order valence-corrected chi connectivity index (χ2v) is 11.2. The Hall–Kier alpha value is -3.82. The van der Waals surface area contributed by atoms with Crippen molar-refractivity contribution < 1.29 is 22.7 Å². The van der Waals surface area contributed by atoms with E-state index in [1.165, 1.54) is 10.4 Å². The fourth-order valence-corrected chi connectivity index (χ4v) is 6.04. The zero-order valence-corrected chi connectivity index (χ0v) is 22.1. The van der Waals surface area contributed by atoms with Crippen LogP contribution in [0.4, 0.5) is 0 Å². The molecule has 39 heavy (non-hydrogen) atoms. The van der Waals surface area contributed by atoms with Gasteiger partial charge in [0.05, 0.1) is 29.9 Å². The topological polar surface area (TPSA) is 127 Å². The molecule has 3 aromatic rings. The first-order valence-corrected chi connectivity index (χ1v) is 14.2. The van der Waals surface area contributed by atoms with E-state index in [-0.39, 0.29) is 29.7 Å². The summed E-state index contributed by atoms with van der Waals surface area (Å²) in [7, 11) is -3.73. The third kappa shape index (κ3) is 6.10. The highest BCUT2D eigenvalue weighted by atomic mass is 32.2. The van der Waals surface area contributed by atoms with Crippen LogP contribution in [0.15, 0.2) is 71.3 Å². The second kappa shape index (κ2) is 11.9. The predicted octanol–water partition coefficient (Wildman–Crippen LogP) is 2.76. The predicted molar refractivity (Wildman–Crippen MR) is 144 cm³/mol. The first-order valence-electron chi connectivity index (χ1n) is 12.8. The quantitative estimate of drug-likeness (QED) is 0.339. The van der Waals surface area contributed by atoms with Gasteiger partial charge in [0.25, 0.3) is 5.91 Å². The molecule has 2 aliphatic rings. The zero-order valence-electron chi connectivity index (χ0n) is 21.3. The van der Waals surface area contributed by atoms with E-state index in [9.17, 15) is 18.5 Å². The van der Waals surface area contributed by atoms with Crippen molar-refractivity contribution in [1.82, 2.24) is 19.4 Å². The van der Waals surface area contributed by atoms with Crippen LogP contribution in [0.25, 0.3) is 23.0 Å². The maximum absolute atomic E-state index is 13.3. The number of nitrogens with one attached hydrogen (secondary N) is 1. The van der Waals surface area contributed by atoms with Gasteiger partial charge >= 0.3 is 0 Å². The first kappa shape index (κ1) is 26.8. The van der Waals surface area contributed by atoms with Crippen molar-refractivity contribution in [3.8, 4) is 23.0 Å². The summed E-state index contributed by atoms with van der Waals surface area (Å²) < 4.78 is 40.5. The Labute approximate surface area is 227 Å². The van der Waals surface area contributed by atoms with Crippen LogP contribution in [-0.2, 0) is 24.3 Å². The van der Waals surface area contributed by atoms with Gasteiger partial charge in [0.15, 0.2) is 0 Å². The lowest BCUT2D eigenvalue weighted by Crippen LogP contribution is -2.40. The van der Waals surface area contributed by atoms with Crippen molar-refractivity contribution in [3.05, 3.63) is 71.9 Å². The van der Waals surface area contributed by atoms with Gasteiger partial charge in [-0.05, 0) is 43.2 Å². The summed E-state index contributed by atoms with van der Waals surface area (Å²) in [5, 5.41) is 17.3. The molecule has 0 bridgehead atoms. The van der Waals surface area contributed by atoms with Crippen LogP contribution in [0, 0.1) is 11.3 Å². The first-order chi connectivity index (χ1) is 19.0. The second-order valence-electron chi connectivity index (χ2n) is 9.27. The van der Waals surface area contributed by atoms with Crippen LogP contribution in [0.1, 0.15) is 18.4 Å². The van der Waals surface area contributed by atoms with Crippen LogP contribution in [0.2, 0.25) is 0 Å². The Morgan fingerprint density at radius 1 is 1.13 bits per heavy atom. The van der Waals surface area contributed by atoms with Crippen LogP contribution in [0.3, 0.4) is 0 Å². The van der Waals surface area contributed by atoms with Gasteiger partial charge < -0.3 is 14.8 Å². The van der Waals surface area contributed by atoms with Crippen molar-refractivity contribution in [2.24, 2.45) is 0 Å². The largest absolute Gasteiger partial charge is 0.379 e. The molecule has 2 aliphatic heterocycles. The lowest BCUT2D eigenvalue weighted by molar-refractivity contribution is -0.117. The third-order valence-electron chi connectivity index (χ3n) is 6.66. The molecule has 1 amide bonds. The van der Waals surface area contributed by atoms with Crippen molar-refractivity contribution in [2.75, 3.05) is 39.5 Å². The van der Waals surface area contributed by atoms with Crippen molar-refractivity contribution in [3.63, 3.8) is 0 Å². The van der Waals surface area contributed by atoms with Gasteiger partial charge in [0.2, 0.25) is 10.0 Å². The number of nitrogens with zero attached hydrogens (tertiary/aromatic N) is 4. The average molecular weight is 548 g/mol. The summed E-state index contributed by atoms with van der Waals surface area (Å²) in [6.07, 6.45) is 4.96. The van der Waals surface area contributed by atoms with Gasteiger partial charge in [-0.15, -0.1) is 0 Å². The van der Waals surface area contributed by atoms with Crippen molar-refractivity contribution in [2.45, 2.75) is 23.8 Å².